The lowest BCUT2D eigenvalue weighted by molar-refractivity contribution is -0.142. The Labute approximate surface area is 228 Å². The standard InChI is InChI=1S/C26H40N6O5S/c1-3-15(2)22(28)25(35)32-21(14-38)24(34)30-19(10-6-7-11-27)23(33)31-20(26(36)37)12-16-13-29-18-9-5-4-8-17(16)18/h4-5,8-9,13,15,19-22,29,38H,3,6-7,10-12,14,27-28H2,1-2H3,(H,30,34)(H,31,33)(H,32,35)(H,36,37). The van der Waals surface area contributed by atoms with Crippen LogP contribution in [0.4, 0.5) is 0 Å². The Morgan fingerprint density at radius 1 is 1.00 bits per heavy atom. The Balaban J connectivity index is 2.13. The number of rotatable bonds is 16. The van der Waals surface area contributed by atoms with Gasteiger partial charge in [-0.15, -0.1) is 0 Å². The summed E-state index contributed by atoms with van der Waals surface area (Å²) >= 11 is 4.18. The van der Waals surface area contributed by atoms with Crippen LogP contribution in [0.5, 0.6) is 0 Å². The van der Waals surface area contributed by atoms with E-state index in [1.807, 2.05) is 38.1 Å². The summed E-state index contributed by atoms with van der Waals surface area (Å²) in [4.78, 5) is 53.8. The number of fused-ring (bicyclic) bond motifs is 1. The monoisotopic (exact) mass is 548 g/mol. The van der Waals surface area contributed by atoms with E-state index in [4.69, 9.17) is 11.5 Å². The summed E-state index contributed by atoms with van der Waals surface area (Å²) in [5.74, 6) is -3.03. The first-order valence-corrected chi connectivity index (χ1v) is 13.5. The number of aromatic amines is 1. The minimum Gasteiger partial charge on any atom is -0.480 e. The molecule has 11 nitrogen and oxygen atoms in total. The van der Waals surface area contributed by atoms with Crippen molar-refractivity contribution in [1.82, 2.24) is 20.9 Å². The first kappa shape index (κ1) is 31.1. The zero-order valence-corrected chi connectivity index (χ0v) is 22.8. The molecule has 2 rings (SSSR count). The van der Waals surface area contributed by atoms with Crippen molar-refractivity contribution < 1.29 is 24.3 Å². The van der Waals surface area contributed by atoms with Gasteiger partial charge in [0.1, 0.15) is 18.1 Å². The van der Waals surface area contributed by atoms with E-state index in [9.17, 15) is 24.3 Å². The molecular formula is C26H40N6O5S. The van der Waals surface area contributed by atoms with Crippen molar-refractivity contribution >= 4 is 47.2 Å². The zero-order chi connectivity index (χ0) is 28.2. The molecule has 1 aromatic carbocycles. The van der Waals surface area contributed by atoms with Crippen LogP contribution in [0.15, 0.2) is 30.5 Å². The van der Waals surface area contributed by atoms with Gasteiger partial charge in [0.25, 0.3) is 0 Å². The first-order valence-electron chi connectivity index (χ1n) is 12.9. The molecule has 5 unspecified atom stereocenters. The van der Waals surface area contributed by atoms with E-state index in [1.165, 1.54) is 0 Å². The Hall–Kier alpha value is -3.09. The molecule has 0 spiro atoms. The molecule has 38 heavy (non-hydrogen) atoms. The number of carbonyl (C=O) groups excluding carboxylic acids is 3. The van der Waals surface area contributed by atoms with Crippen LogP contribution in [0.3, 0.4) is 0 Å². The molecule has 1 aromatic heterocycles. The van der Waals surface area contributed by atoms with Crippen LogP contribution in [0.25, 0.3) is 10.9 Å². The minimum atomic E-state index is -1.22. The lowest BCUT2D eigenvalue weighted by Crippen LogP contribution is -2.58. The number of carbonyl (C=O) groups is 4. The highest BCUT2D eigenvalue weighted by Crippen LogP contribution is 2.19. The number of benzene rings is 1. The number of unbranched alkanes of at least 4 members (excludes halogenated alkanes) is 1. The van der Waals surface area contributed by atoms with Gasteiger partial charge in [-0.1, -0.05) is 38.5 Å². The third-order valence-corrected chi connectivity index (χ3v) is 7.03. The summed E-state index contributed by atoms with van der Waals surface area (Å²) in [6.45, 7) is 4.16. The molecule has 1 heterocycles. The van der Waals surface area contributed by atoms with Gasteiger partial charge in [-0.3, -0.25) is 14.4 Å². The van der Waals surface area contributed by atoms with Gasteiger partial charge < -0.3 is 37.5 Å². The third-order valence-electron chi connectivity index (χ3n) is 6.67. The summed E-state index contributed by atoms with van der Waals surface area (Å²) in [6, 6.07) is 3.41. The molecule has 12 heteroatoms. The minimum absolute atomic E-state index is 0.0136. The Morgan fingerprint density at radius 2 is 1.63 bits per heavy atom. The number of carboxylic acids is 1. The summed E-state index contributed by atoms with van der Waals surface area (Å²) in [5.41, 5.74) is 13.2. The van der Waals surface area contributed by atoms with Crippen LogP contribution < -0.4 is 27.4 Å². The lowest BCUT2D eigenvalue weighted by Gasteiger charge is -2.25. The van der Waals surface area contributed by atoms with Crippen LogP contribution in [0.2, 0.25) is 0 Å². The van der Waals surface area contributed by atoms with Gasteiger partial charge in [0.2, 0.25) is 17.7 Å². The summed E-state index contributed by atoms with van der Waals surface area (Å²) < 4.78 is 0. The molecule has 3 amide bonds. The number of aromatic nitrogens is 1. The largest absolute Gasteiger partial charge is 0.480 e. The third kappa shape index (κ3) is 8.74. The highest BCUT2D eigenvalue weighted by Gasteiger charge is 2.30. The van der Waals surface area contributed by atoms with Crippen LogP contribution >= 0.6 is 12.6 Å². The highest BCUT2D eigenvalue weighted by molar-refractivity contribution is 7.80. The normalized spacial score (nSPS) is 15.2. The number of amides is 3. The number of carboxylic acid groups (broad SMARTS) is 1. The molecule has 0 saturated heterocycles. The van der Waals surface area contributed by atoms with Crippen molar-refractivity contribution in [1.29, 1.82) is 0 Å². The SMILES string of the molecule is CCC(C)C(N)C(=O)NC(CS)C(=O)NC(CCCCN)C(=O)NC(Cc1c[nH]c2ccccc12)C(=O)O. The van der Waals surface area contributed by atoms with Gasteiger partial charge in [0, 0.05) is 29.3 Å². The van der Waals surface area contributed by atoms with E-state index in [1.54, 1.807) is 6.20 Å². The number of aliphatic carboxylic acids is 1. The second-order valence-corrected chi connectivity index (χ2v) is 9.83. The molecule has 0 aliphatic rings. The molecule has 0 aliphatic carbocycles. The molecule has 9 N–H and O–H groups in total. The first-order chi connectivity index (χ1) is 18.1. The van der Waals surface area contributed by atoms with E-state index >= 15 is 0 Å². The maximum absolute atomic E-state index is 13.2. The summed E-state index contributed by atoms with van der Waals surface area (Å²) in [7, 11) is 0. The molecule has 5 atom stereocenters. The van der Waals surface area contributed by atoms with Crippen LogP contribution in [0.1, 0.15) is 45.1 Å². The fourth-order valence-electron chi connectivity index (χ4n) is 4.00. The maximum atomic E-state index is 13.2. The van der Waals surface area contributed by atoms with Gasteiger partial charge in [0.15, 0.2) is 0 Å². The van der Waals surface area contributed by atoms with Crippen LogP contribution in [0, 0.1) is 5.92 Å². The number of H-pyrrole nitrogens is 1. The van der Waals surface area contributed by atoms with Crippen molar-refractivity contribution in [2.75, 3.05) is 12.3 Å². The average molecular weight is 549 g/mol. The van der Waals surface area contributed by atoms with E-state index in [0.29, 0.717) is 25.8 Å². The number of thiol groups is 1. The van der Waals surface area contributed by atoms with E-state index < -0.39 is 47.9 Å². The molecule has 0 radical (unpaired) electrons. The number of para-hydroxylation sites is 1. The predicted molar refractivity (Wildman–Crippen MR) is 150 cm³/mol. The number of nitrogens with one attached hydrogen (secondary N) is 4. The van der Waals surface area contributed by atoms with Crippen molar-refractivity contribution in [2.45, 2.75) is 70.1 Å². The van der Waals surface area contributed by atoms with E-state index in [2.05, 4.69) is 33.6 Å². The van der Waals surface area contributed by atoms with E-state index in [-0.39, 0.29) is 24.5 Å². The Bertz CT molecular complexity index is 1090. The molecular weight excluding hydrogens is 508 g/mol. The highest BCUT2D eigenvalue weighted by atomic mass is 32.1. The number of nitrogens with two attached hydrogens (primary N) is 2. The second-order valence-electron chi connectivity index (χ2n) is 9.46. The summed E-state index contributed by atoms with van der Waals surface area (Å²) in [6.07, 6.45) is 3.86. The molecule has 0 saturated carbocycles. The van der Waals surface area contributed by atoms with Crippen LogP contribution in [-0.4, -0.2) is 70.2 Å². The predicted octanol–water partition coefficient (Wildman–Crippen LogP) is 0.682. The second kappa shape index (κ2) is 15.4. The smallest absolute Gasteiger partial charge is 0.326 e. The quantitative estimate of drug-likeness (QED) is 0.112. The van der Waals surface area contributed by atoms with Crippen molar-refractivity contribution in [3.63, 3.8) is 0 Å². The van der Waals surface area contributed by atoms with Gasteiger partial charge in [-0.05, 0) is 43.4 Å². The van der Waals surface area contributed by atoms with Crippen molar-refractivity contribution in [2.24, 2.45) is 17.4 Å². The van der Waals surface area contributed by atoms with Gasteiger partial charge in [-0.25, -0.2) is 4.79 Å². The van der Waals surface area contributed by atoms with Gasteiger partial charge in [0.05, 0.1) is 6.04 Å². The Kier molecular flexibility index (Phi) is 12.6. The Morgan fingerprint density at radius 3 is 2.26 bits per heavy atom. The van der Waals surface area contributed by atoms with E-state index in [0.717, 1.165) is 16.5 Å². The molecule has 0 bridgehead atoms. The fourth-order valence-corrected chi connectivity index (χ4v) is 4.26. The topological polar surface area (TPSA) is 192 Å². The lowest BCUT2D eigenvalue weighted by atomic mass is 9.99. The van der Waals surface area contributed by atoms with Crippen molar-refractivity contribution in [3.05, 3.63) is 36.0 Å². The van der Waals surface area contributed by atoms with Gasteiger partial charge >= 0.3 is 5.97 Å². The molecule has 0 fully saturated rings. The molecule has 0 aliphatic heterocycles. The number of hydrogen-bond donors (Lipinski definition) is 8. The average Bonchev–Trinajstić information content (AvgIpc) is 3.32. The van der Waals surface area contributed by atoms with Gasteiger partial charge in [-0.2, -0.15) is 12.6 Å². The van der Waals surface area contributed by atoms with Crippen molar-refractivity contribution in [3.8, 4) is 0 Å². The molecule has 2 aromatic rings. The maximum Gasteiger partial charge on any atom is 0.326 e. The number of hydrogen-bond acceptors (Lipinski definition) is 7. The summed E-state index contributed by atoms with van der Waals surface area (Å²) in [5, 5.41) is 18.5. The molecule has 210 valence electrons. The fraction of sp³-hybridized carbons (Fsp3) is 0.538. The zero-order valence-electron chi connectivity index (χ0n) is 21.9. The van der Waals surface area contributed by atoms with Crippen LogP contribution in [-0.2, 0) is 25.6 Å².